The highest BCUT2D eigenvalue weighted by Crippen LogP contribution is 2.35. The molecule has 0 fully saturated rings. The number of sulfonamides is 1. The number of carbonyl (C=O) groups is 2. The molecular formula is C36H40ClN3O5S. The van der Waals surface area contributed by atoms with Gasteiger partial charge in [-0.2, -0.15) is 0 Å². The second kappa shape index (κ2) is 15.8. The van der Waals surface area contributed by atoms with Gasteiger partial charge in [-0.3, -0.25) is 13.9 Å². The number of ether oxygens (including phenoxy) is 1. The van der Waals surface area contributed by atoms with Crippen LogP contribution >= 0.6 is 11.6 Å². The maximum Gasteiger partial charge on any atom is 0.264 e. The molecule has 4 aromatic rings. The van der Waals surface area contributed by atoms with E-state index in [0.717, 1.165) is 26.6 Å². The third kappa shape index (κ3) is 8.68. The number of halogens is 1. The van der Waals surface area contributed by atoms with Crippen LogP contribution in [0.2, 0.25) is 5.02 Å². The molecule has 2 amide bonds. The monoisotopic (exact) mass is 661 g/mol. The number of nitrogens with zero attached hydrogens (tertiary/aromatic N) is 2. The predicted octanol–water partition coefficient (Wildman–Crippen LogP) is 6.33. The van der Waals surface area contributed by atoms with E-state index in [2.05, 4.69) is 5.32 Å². The molecular weight excluding hydrogens is 622 g/mol. The van der Waals surface area contributed by atoms with E-state index in [-0.39, 0.29) is 40.2 Å². The van der Waals surface area contributed by atoms with Crippen LogP contribution < -0.4 is 14.4 Å². The largest absolute Gasteiger partial charge is 0.495 e. The van der Waals surface area contributed by atoms with Crippen molar-refractivity contribution >= 4 is 39.1 Å². The first-order valence-corrected chi connectivity index (χ1v) is 16.9. The minimum absolute atomic E-state index is 0.000290. The van der Waals surface area contributed by atoms with Crippen LogP contribution in [-0.2, 0) is 32.6 Å². The lowest BCUT2D eigenvalue weighted by molar-refractivity contribution is -0.140. The zero-order valence-corrected chi connectivity index (χ0v) is 28.1. The molecule has 0 spiro atoms. The van der Waals surface area contributed by atoms with Crippen LogP contribution in [0.4, 0.5) is 5.69 Å². The van der Waals surface area contributed by atoms with Crippen LogP contribution in [0.25, 0.3) is 0 Å². The topological polar surface area (TPSA) is 96.0 Å². The van der Waals surface area contributed by atoms with Crippen LogP contribution in [-0.4, -0.2) is 51.4 Å². The molecule has 4 aromatic carbocycles. The summed E-state index contributed by atoms with van der Waals surface area (Å²) in [7, 11) is -2.88. The molecule has 0 aliphatic carbocycles. The number of methoxy groups -OCH3 is 1. The Morgan fingerprint density at radius 1 is 0.870 bits per heavy atom. The molecule has 1 atom stereocenters. The molecule has 0 saturated carbocycles. The van der Waals surface area contributed by atoms with Crippen molar-refractivity contribution in [3.05, 3.63) is 124 Å². The first-order valence-electron chi connectivity index (χ1n) is 15.1. The lowest BCUT2D eigenvalue weighted by Gasteiger charge is -2.34. The van der Waals surface area contributed by atoms with E-state index in [1.165, 1.54) is 30.2 Å². The number of anilines is 1. The summed E-state index contributed by atoms with van der Waals surface area (Å²) in [5, 5.41) is 3.22. The molecule has 0 bridgehead atoms. The van der Waals surface area contributed by atoms with Crippen LogP contribution in [0.15, 0.2) is 102 Å². The van der Waals surface area contributed by atoms with Crippen LogP contribution in [0.3, 0.4) is 0 Å². The van der Waals surface area contributed by atoms with Gasteiger partial charge in [0.25, 0.3) is 10.0 Å². The van der Waals surface area contributed by atoms with E-state index < -0.39 is 28.5 Å². The third-order valence-electron chi connectivity index (χ3n) is 7.55. The zero-order chi connectivity index (χ0) is 33.3. The first-order chi connectivity index (χ1) is 22.0. The van der Waals surface area contributed by atoms with Gasteiger partial charge in [0, 0.05) is 24.5 Å². The second-order valence-electron chi connectivity index (χ2n) is 11.1. The Hall–Kier alpha value is -4.34. The fourth-order valence-electron chi connectivity index (χ4n) is 5.14. The van der Waals surface area contributed by atoms with Crippen LogP contribution in [0, 0.1) is 13.8 Å². The number of aryl methyl sites for hydroxylation is 2. The van der Waals surface area contributed by atoms with Crippen molar-refractivity contribution in [1.82, 2.24) is 10.2 Å². The number of hydrogen-bond acceptors (Lipinski definition) is 5. The average Bonchev–Trinajstić information content (AvgIpc) is 3.04. The number of amides is 2. The number of benzene rings is 4. The second-order valence-corrected chi connectivity index (χ2v) is 13.4. The van der Waals surface area contributed by atoms with Crippen molar-refractivity contribution in [2.24, 2.45) is 0 Å². The zero-order valence-electron chi connectivity index (χ0n) is 26.6. The van der Waals surface area contributed by atoms with Crippen molar-refractivity contribution in [2.75, 3.05) is 24.5 Å². The maximum absolute atomic E-state index is 14.6. The van der Waals surface area contributed by atoms with Crippen LogP contribution in [0.5, 0.6) is 5.75 Å². The fraction of sp³-hybridized carbons (Fsp3) is 0.278. The van der Waals surface area contributed by atoms with Gasteiger partial charge in [0.2, 0.25) is 11.8 Å². The smallest absolute Gasteiger partial charge is 0.264 e. The van der Waals surface area contributed by atoms with Gasteiger partial charge in [0.05, 0.1) is 17.7 Å². The number of rotatable bonds is 14. The molecule has 4 rings (SSSR count). The van der Waals surface area contributed by atoms with Gasteiger partial charge in [-0.05, 0) is 61.7 Å². The molecule has 0 aliphatic rings. The summed E-state index contributed by atoms with van der Waals surface area (Å²) in [4.78, 5) is 29.9. The molecule has 8 nitrogen and oxygen atoms in total. The Kier molecular flexibility index (Phi) is 11.8. The van der Waals surface area contributed by atoms with Gasteiger partial charge in [-0.1, -0.05) is 96.4 Å². The Balaban J connectivity index is 1.85. The highest BCUT2D eigenvalue weighted by Gasteiger charge is 2.35. The minimum atomic E-state index is -4.30. The Morgan fingerprint density at radius 3 is 2.22 bits per heavy atom. The summed E-state index contributed by atoms with van der Waals surface area (Å²) in [5.41, 5.74) is 3.65. The van der Waals surface area contributed by atoms with Crippen LogP contribution in [0.1, 0.15) is 35.6 Å². The summed E-state index contributed by atoms with van der Waals surface area (Å²) in [6, 6.07) is 27.2. The van der Waals surface area contributed by atoms with E-state index >= 15 is 0 Å². The van der Waals surface area contributed by atoms with E-state index in [4.69, 9.17) is 16.3 Å². The van der Waals surface area contributed by atoms with Gasteiger partial charge in [-0.15, -0.1) is 0 Å². The number of nitrogens with one attached hydrogen (secondary N) is 1. The van der Waals surface area contributed by atoms with Gasteiger partial charge in [-0.25, -0.2) is 8.42 Å². The SMILES string of the molecule is CCCNC(=O)[C@H](Cc1ccccc1)N(Cc1cccc(C)c1)C(=O)CN(c1cc(Cl)ccc1OC)S(=O)(=O)c1ccc(C)cc1. The molecule has 242 valence electrons. The molecule has 0 heterocycles. The van der Waals surface area contributed by atoms with E-state index in [9.17, 15) is 18.0 Å². The van der Waals surface area contributed by atoms with Gasteiger partial charge in [0.1, 0.15) is 18.3 Å². The van der Waals surface area contributed by atoms with Crippen molar-refractivity contribution in [3.8, 4) is 5.75 Å². The lowest BCUT2D eigenvalue weighted by atomic mass is 10.0. The van der Waals surface area contributed by atoms with Crippen molar-refractivity contribution in [1.29, 1.82) is 0 Å². The number of hydrogen-bond donors (Lipinski definition) is 1. The molecule has 0 saturated heterocycles. The van der Waals surface area contributed by atoms with Crippen molar-refractivity contribution in [2.45, 2.75) is 51.1 Å². The molecule has 0 aromatic heterocycles. The highest BCUT2D eigenvalue weighted by molar-refractivity contribution is 7.92. The molecule has 10 heteroatoms. The molecule has 0 unspecified atom stereocenters. The average molecular weight is 662 g/mol. The van der Waals surface area contributed by atoms with Gasteiger partial charge < -0.3 is 15.0 Å². The molecule has 0 radical (unpaired) electrons. The third-order valence-corrected chi connectivity index (χ3v) is 9.56. The van der Waals surface area contributed by atoms with Gasteiger partial charge in [0.15, 0.2) is 0 Å². The Labute approximate surface area is 277 Å². The molecule has 0 aliphatic heterocycles. The van der Waals surface area contributed by atoms with Crippen molar-refractivity contribution < 1.29 is 22.7 Å². The number of carbonyl (C=O) groups excluding carboxylic acids is 2. The summed E-state index contributed by atoms with van der Waals surface area (Å²) in [5.74, 6) is -0.661. The van der Waals surface area contributed by atoms with Gasteiger partial charge >= 0.3 is 0 Å². The molecule has 1 N–H and O–H groups in total. The maximum atomic E-state index is 14.6. The first kappa shape index (κ1) is 34.5. The minimum Gasteiger partial charge on any atom is -0.495 e. The summed E-state index contributed by atoms with van der Waals surface area (Å²) in [6.45, 7) is 5.68. The normalized spacial score (nSPS) is 11.8. The fourth-order valence-corrected chi connectivity index (χ4v) is 6.72. The standard InChI is InChI=1S/C36H40ClN3O5S/c1-5-20-38-36(42)33(22-28-11-7-6-8-12-28)39(24-29-13-9-10-27(3)21-29)35(41)25-40(32-23-30(37)16-19-34(32)45-4)46(43,44)31-17-14-26(2)15-18-31/h6-19,21,23,33H,5,20,22,24-25H2,1-4H3,(H,38,42)/t33-/m0/s1. The Bertz CT molecular complexity index is 1750. The molecule has 46 heavy (non-hydrogen) atoms. The van der Waals surface area contributed by atoms with E-state index in [1.807, 2.05) is 75.4 Å². The Morgan fingerprint density at radius 2 is 1.57 bits per heavy atom. The summed E-state index contributed by atoms with van der Waals surface area (Å²) >= 11 is 6.36. The highest BCUT2D eigenvalue weighted by atomic mass is 35.5. The summed E-state index contributed by atoms with van der Waals surface area (Å²) in [6.07, 6.45) is 0.950. The quantitative estimate of drug-likeness (QED) is 0.171. The lowest BCUT2D eigenvalue weighted by Crippen LogP contribution is -2.53. The van der Waals surface area contributed by atoms with E-state index in [1.54, 1.807) is 24.3 Å². The predicted molar refractivity (Wildman–Crippen MR) is 183 cm³/mol. The summed E-state index contributed by atoms with van der Waals surface area (Å²) < 4.78 is 35.1. The van der Waals surface area contributed by atoms with E-state index in [0.29, 0.717) is 13.0 Å². The van der Waals surface area contributed by atoms with Crippen molar-refractivity contribution in [3.63, 3.8) is 0 Å².